The van der Waals surface area contributed by atoms with Crippen LogP contribution >= 0.6 is 0 Å². The largest absolute Gasteiger partial charge is 0.477 e. The van der Waals surface area contributed by atoms with Crippen molar-refractivity contribution in [2.24, 2.45) is 0 Å². The molecule has 0 saturated heterocycles. The van der Waals surface area contributed by atoms with Gasteiger partial charge in [-0.1, -0.05) is 69.4 Å². The molecule has 0 radical (unpaired) electrons. The minimum absolute atomic E-state index is 0.267. The summed E-state index contributed by atoms with van der Waals surface area (Å²) in [5.41, 5.74) is 5.95. The number of hydrogen-bond acceptors (Lipinski definition) is 3. The fourth-order valence-electron chi connectivity index (χ4n) is 4.51. The molecule has 1 heterocycles. The van der Waals surface area contributed by atoms with E-state index in [0.717, 1.165) is 37.8 Å². The lowest BCUT2D eigenvalue weighted by molar-refractivity contribution is -0.132. The number of carbonyl (C=O) groups is 1. The maximum atomic E-state index is 11.0. The standard InChI is InChI=1S/C30H36N2O2/c1-2-3-4-5-6-7-11-24-15-18-28(19-16-24)32-21-9-8-13-26-22-25(17-20-29(26)32)12-10-14-27(23-31)30(33)34/h10,12,14-20,22H,2-9,11,13,21H2,1H3,(H,33,34). The molecule has 0 amide bonds. The van der Waals surface area contributed by atoms with Gasteiger partial charge < -0.3 is 10.0 Å². The van der Waals surface area contributed by atoms with Crippen LogP contribution in [0, 0.1) is 11.3 Å². The number of fused-ring (bicyclic) bond motifs is 1. The number of allylic oxidation sites excluding steroid dienone is 2. The molecule has 1 aliphatic heterocycles. The lowest BCUT2D eigenvalue weighted by Crippen LogP contribution is -2.17. The molecule has 0 saturated carbocycles. The molecule has 1 N–H and O–H groups in total. The molecule has 0 aromatic heterocycles. The Bertz CT molecular complexity index is 1040. The number of rotatable bonds is 11. The highest BCUT2D eigenvalue weighted by Crippen LogP contribution is 2.34. The van der Waals surface area contributed by atoms with Crippen LogP contribution in [-0.2, 0) is 17.6 Å². The average Bonchev–Trinajstić information content (AvgIpc) is 3.06. The van der Waals surface area contributed by atoms with E-state index in [1.165, 1.54) is 67.1 Å². The number of nitrogens with zero attached hydrogens (tertiary/aromatic N) is 2. The van der Waals surface area contributed by atoms with E-state index in [-0.39, 0.29) is 5.57 Å². The molecule has 2 aromatic rings. The highest BCUT2D eigenvalue weighted by atomic mass is 16.4. The van der Waals surface area contributed by atoms with E-state index in [1.807, 2.05) is 6.08 Å². The summed E-state index contributed by atoms with van der Waals surface area (Å²) < 4.78 is 0. The topological polar surface area (TPSA) is 64.3 Å². The Balaban J connectivity index is 1.68. The minimum atomic E-state index is -1.21. The molecule has 1 aliphatic rings. The monoisotopic (exact) mass is 456 g/mol. The van der Waals surface area contributed by atoms with Crippen molar-refractivity contribution in [2.75, 3.05) is 11.4 Å². The summed E-state index contributed by atoms with van der Waals surface area (Å²) in [6.45, 7) is 3.26. The zero-order valence-electron chi connectivity index (χ0n) is 20.3. The highest BCUT2D eigenvalue weighted by molar-refractivity contribution is 5.91. The van der Waals surface area contributed by atoms with E-state index in [2.05, 4.69) is 54.3 Å². The van der Waals surface area contributed by atoms with E-state index < -0.39 is 5.97 Å². The highest BCUT2D eigenvalue weighted by Gasteiger charge is 2.17. The van der Waals surface area contributed by atoms with Crippen molar-refractivity contribution in [3.05, 3.63) is 76.9 Å². The summed E-state index contributed by atoms with van der Waals surface area (Å²) in [4.78, 5) is 13.4. The summed E-state index contributed by atoms with van der Waals surface area (Å²) in [5.74, 6) is -1.21. The number of nitriles is 1. The van der Waals surface area contributed by atoms with Crippen LogP contribution < -0.4 is 4.90 Å². The van der Waals surface area contributed by atoms with E-state index in [4.69, 9.17) is 10.4 Å². The number of carboxylic acid groups (broad SMARTS) is 1. The number of aryl methyl sites for hydroxylation is 2. The molecule has 0 fully saturated rings. The summed E-state index contributed by atoms with van der Waals surface area (Å²) in [5, 5.41) is 17.8. The van der Waals surface area contributed by atoms with Crippen LogP contribution in [0.3, 0.4) is 0 Å². The number of carboxylic acids is 1. The van der Waals surface area contributed by atoms with E-state index in [9.17, 15) is 4.79 Å². The van der Waals surface area contributed by atoms with E-state index >= 15 is 0 Å². The third-order valence-electron chi connectivity index (χ3n) is 6.44. The van der Waals surface area contributed by atoms with Crippen molar-refractivity contribution < 1.29 is 9.90 Å². The third-order valence-corrected chi connectivity index (χ3v) is 6.44. The quantitative estimate of drug-likeness (QED) is 0.163. The van der Waals surface area contributed by atoms with Crippen LogP contribution in [0.4, 0.5) is 11.4 Å². The summed E-state index contributed by atoms with van der Waals surface area (Å²) in [6, 6.07) is 17.2. The number of unbranched alkanes of at least 4 members (excludes halogenated alkanes) is 5. The fourth-order valence-corrected chi connectivity index (χ4v) is 4.51. The Hall–Kier alpha value is -3.32. The van der Waals surface area contributed by atoms with Gasteiger partial charge in [-0.2, -0.15) is 5.26 Å². The number of anilines is 2. The predicted octanol–water partition coefficient (Wildman–Crippen LogP) is 7.61. The molecule has 0 atom stereocenters. The van der Waals surface area contributed by atoms with Gasteiger partial charge in [0.1, 0.15) is 11.6 Å². The summed E-state index contributed by atoms with van der Waals surface area (Å²) in [7, 11) is 0. The molecular formula is C30H36N2O2. The summed E-state index contributed by atoms with van der Waals surface area (Å²) >= 11 is 0. The molecule has 4 nitrogen and oxygen atoms in total. The van der Waals surface area contributed by atoms with Crippen molar-refractivity contribution in [2.45, 2.75) is 71.1 Å². The zero-order chi connectivity index (χ0) is 24.2. The Kier molecular flexibility index (Phi) is 9.98. The molecule has 2 aromatic carbocycles. The zero-order valence-corrected chi connectivity index (χ0v) is 20.3. The van der Waals surface area contributed by atoms with Gasteiger partial charge in [0.25, 0.3) is 0 Å². The van der Waals surface area contributed by atoms with Crippen LogP contribution in [0.1, 0.15) is 75.0 Å². The molecule has 0 spiro atoms. The first-order valence-electron chi connectivity index (χ1n) is 12.6. The van der Waals surface area contributed by atoms with Crippen LogP contribution in [0.2, 0.25) is 0 Å². The van der Waals surface area contributed by atoms with Gasteiger partial charge in [0, 0.05) is 17.9 Å². The molecule has 3 rings (SSSR count). The lowest BCUT2D eigenvalue weighted by atomic mass is 10.0. The van der Waals surface area contributed by atoms with Crippen LogP contribution in [-0.4, -0.2) is 17.6 Å². The molecule has 178 valence electrons. The second-order valence-electron chi connectivity index (χ2n) is 9.04. The molecule has 34 heavy (non-hydrogen) atoms. The van der Waals surface area contributed by atoms with Crippen molar-refractivity contribution in [1.82, 2.24) is 0 Å². The van der Waals surface area contributed by atoms with Gasteiger partial charge in [-0.25, -0.2) is 4.79 Å². The van der Waals surface area contributed by atoms with Crippen molar-refractivity contribution in [1.29, 1.82) is 5.26 Å². The first-order chi connectivity index (χ1) is 16.6. The fraction of sp³-hybridized carbons (Fsp3) is 0.400. The Morgan fingerprint density at radius 3 is 2.56 bits per heavy atom. The predicted molar refractivity (Wildman–Crippen MR) is 140 cm³/mol. The molecule has 0 unspecified atom stereocenters. The average molecular weight is 457 g/mol. The Morgan fingerprint density at radius 1 is 1.06 bits per heavy atom. The molecule has 0 bridgehead atoms. The van der Waals surface area contributed by atoms with Gasteiger partial charge in [0.2, 0.25) is 0 Å². The maximum Gasteiger partial charge on any atom is 0.346 e. The lowest BCUT2D eigenvalue weighted by Gasteiger charge is -2.25. The Morgan fingerprint density at radius 2 is 1.82 bits per heavy atom. The molecular weight excluding hydrogens is 420 g/mol. The van der Waals surface area contributed by atoms with E-state index in [1.54, 1.807) is 12.1 Å². The Labute approximate surface area is 204 Å². The first kappa shape index (κ1) is 25.3. The van der Waals surface area contributed by atoms with Crippen molar-refractivity contribution in [3.63, 3.8) is 0 Å². The number of hydrogen-bond donors (Lipinski definition) is 1. The van der Waals surface area contributed by atoms with Crippen LogP contribution in [0.15, 0.2) is 60.2 Å². The minimum Gasteiger partial charge on any atom is -0.477 e. The van der Waals surface area contributed by atoms with Crippen molar-refractivity contribution in [3.8, 4) is 6.07 Å². The molecule has 0 aliphatic carbocycles. The van der Waals surface area contributed by atoms with Gasteiger partial charge in [-0.05, 0) is 79.1 Å². The number of benzene rings is 2. The van der Waals surface area contributed by atoms with Crippen molar-refractivity contribution >= 4 is 23.4 Å². The molecule has 4 heteroatoms. The third kappa shape index (κ3) is 7.35. The first-order valence-corrected chi connectivity index (χ1v) is 12.6. The number of aliphatic carboxylic acids is 1. The van der Waals surface area contributed by atoms with Crippen LogP contribution in [0.5, 0.6) is 0 Å². The maximum absolute atomic E-state index is 11.0. The smallest absolute Gasteiger partial charge is 0.346 e. The van der Waals surface area contributed by atoms with Gasteiger partial charge in [0.05, 0.1) is 0 Å². The normalized spacial score (nSPS) is 14.0. The van der Waals surface area contributed by atoms with Gasteiger partial charge in [-0.15, -0.1) is 0 Å². The second kappa shape index (κ2) is 13.4. The van der Waals surface area contributed by atoms with Crippen LogP contribution in [0.25, 0.3) is 6.08 Å². The van der Waals surface area contributed by atoms with Gasteiger partial charge in [0.15, 0.2) is 0 Å². The van der Waals surface area contributed by atoms with Gasteiger partial charge in [-0.3, -0.25) is 0 Å². The SMILES string of the molecule is CCCCCCCCc1ccc(N2CCCCc3cc(C=CC=C(C#N)C(=O)O)ccc32)cc1. The van der Waals surface area contributed by atoms with E-state index in [0.29, 0.717) is 0 Å². The summed E-state index contributed by atoms with van der Waals surface area (Å²) in [6.07, 6.45) is 17.2. The second-order valence-corrected chi connectivity index (χ2v) is 9.04. The van der Waals surface area contributed by atoms with Gasteiger partial charge >= 0.3 is 5.97 Å².